The SMILES string of the molecule is COC(=O)[C@H](C)NC(=O)C1(NC(=O)C(C)(C)NC(=O)OC(C)(C)C)Cc2cc3cc4ccccc4cc3cc2C1. The molecule has 3 amide bonds. The van der Waals surface area contributed by atoms with Gasteiger partial charge in [-0.25, -0.2) is 9.59 Å². The number of ether oxygens (including phenoxy) is 2. The van der Waals surface area contributed by atoms with Gasteiger partial charge in [-0.3, -0.25) is 9.59 Å². The van der Waals surface area contributed by atoms with Crippen LogP contribution in [0.1, 0.15) is 52.7 Å². The van der Waals surface area contributed by atoms with Crippen molar-refractivity contribution in [2.75, 3.05) is 7.11 Å². The lowest BCUT2D eigenvalue weighted by atomic mass is 9.91. The van der Waals surface area contributed by atoms with E-state index in [9.17, 15) is 19.2 Å². The number of methoxy groups -OCH3 is 1. The third kappa shape index (κ3) is 6.03. The first-order chi connectivity index (χ1) is 18.6. The summed E-state index contributed by atoms with van der Waals surface area (Å²) in [6, 6.07) is 15.5. The molecule has 0 radical (unpaired) electrons. The average Bonchev–Trinajstić information content (AvgIpc) is 3.21. The summed E-state index contributed by atoms with van der Waals surface area (Å²) in [5.74, 6) is -1.69. The molecule has 1 aliphatic carbocycles. The maximum atomic E-state index is 13.8. The smallest absolute Gasteiger partial charge is 0.408 e. The molecule has 0 saturated carbocycles. The van der Waals surface area contributed by atoms with Gasteiger partial charge in [0.05, 0.1) is 7.11 Å². The van der Waals surface area contributed by atoms with Crippen LogP contribution in [0.3, 0.4) is 0 Å². The number of carbonyl (C=O) groups excluding carboxylic acids is 4. The summed E-state index contributed by atoms with van der Waals surface area (Å²) in [6.07, 6.45) is -0.337. The van der Waals surface area contributed by atoms with Crippen LogP contribution < -0.4 is 16.0 Å². The number of hydrogen-bond donors (Lipinski definition) is 3. The van der Waals surface area contributed by atoms with E-state index in [1.807, 2.05) is 36.4 Å². The zero-order valence-corrected chi connectivity index (χ0v) is 24.1. The number of benzene rings is 3. The molecule has 0 saturated heterocycles. The van der Waals surface area contributed by atoms with Crippen LogP contribution in [0.5, 0.6) is 0 Å². The molecule has 9 heteroatoms. The Morgan fingerprint density at radius 3 is 1.85 bits per heavy atom. The number of hydrogen-bond acceptors (Lipinski definition) is 6. The van der Waals surface area contributed by atoms with E-state index < -0.39 is 46.6 Å². The van der Waals surface area contributed by atoms with Crippen molar-refractivity contribution in [3.05, 3.63) is 59.7 Å². The van der Waals surface area contributed by atoms with Gasteiger partial charge in [-0.15, -0.1) is 0 Å². The first-order valence-electron chi connectivity index (χ1n) is 13.3. The molecule has 0 unspecified atom stereocenters. The van der Waals surface area contributed by atoms with Gasteiger partial charge in [0.25, 0.3) is 0 Å². The number of alkyl carbamates (subject to hydrolysis) is 1. The molecule has 1 atom stereocenters. The topological polar surface area (TPSA) is 123 Å². The fraction of sp³-hybridized carbons (Fsp3) is 0.419. The van der Waals surface area contributed by atoms with E-state index in [0.717, 1.165) is 32.7 Å². The highest BCUT2D eigenvalue weighted by molar-refractivity contribution is 6.01. The Morgan fingerprint density at radius 1 is 0.850 bits per heavy atom. The molecule has 4 rings (SSSR count). The molecule has 0 spiro atoms. The molecular weight excluding hydrogens is 510 g/mol. The van der Waals surface area contributed by atoms with Crippen molar-refractivity contribution in [2.45, 2.75) is 77.1 Å². The second kappa shape index (κ2) is 10.4. The van der Waals surface area contributed by atoms with Gasteiger partial charge in [0.1, 0.15) is 22.7 Å². The van der Waals surface area contributed by atoms with Gasteiger partial charge in [-0.2, -0.15) is 0 Å². The monoisotopic (exact) mass is 547 g/mol. The fourth-order valence-corrected chi connectivity index (χ4v) is 4.99. The van der Waals surface area contributed by atoms with Crippen molar-refractivity contribution in [1.29, 1.82) is 0 Å². The fourth-order valence-electron chi connectivity index (χ4n) is 4.99. The number of esters is 1. The number of amides is 3. The lowest BCUT2D eigenvalue weighted by molar-refractivity contribution is -0.145. The zero-order chi connectivity index (χ0) is 29.5. The van der Waals surface area contributed by atoms with E-state index in [1.54, 1.807) is 20.8 Å². The maximum Gasteiger partial charge on any atom is 0.408 e. The predicted octanol–water partition coefficient (Wildman–Crippen LogP) is 3.93. The van der Waals surface area contributed by atoms with Crippen molar-refractivity contribution < 1.29 is 28.7 Å². The minimum absolute atomic E-state index is 0.207. The third-order valence-electron chi connectivity index (χ3n) is 7.08. The minimum atomic E-state index is -1.40. The summed E-state index contributed by atoms with van der Waals surface area (Å²) < 4.78 is 10.1. The van der Waals surface area contributed by atoms with Crippen LogP contribution in [0.4, 0.5) is 4.79 Å². The molecule has 3 aromatic rings. The highest BCUT2D eigenvalue weighted by Gasteiger charge is 2.48. The average molecular weight is 548 g/mol. The van der Waals surface area contributed by atoms with Gasteiger partial charge in [-0.05, 0) is 86.3 Å². The summed E-state index contributed by atoms with van der Waals surface area (Å²) >= 11 is 0. The molecule has 0 fully saturated rings. The van der Waals surface area contributed by atoms with E-state index in [4.69, 9.17) is 9.47 Å². The molecule has 1 aliphatic rings. The zero-order valence-electron chi connectivity index (χ0n) is 24.1. The van der Waals surface area contributed by atoms with Gasteiger partial charge in [0.2, 0.25) is 11.8 Å². The molecule has 40 heavy (non-hydrogen) atoms. The van der Waals surface area contributed by atoms with Crippen LogP contribution in [0.25, 0.3) is 21.5 Å². The van der Waals surface area contributed by atoms with Crippen molar-refractivity contribution in [3.63, 3.8) is 0 Å². The molecule has 0 bridgehead atoms. The molecule has 3 aromatic carbocycles. The molecule has 0 aliphatic heterocycles. The molecule has 3 N–H and O–H groups in total. The summed E-state index contributed by atoms with van der Waals surface area (Å²) in [7, 11) is 1.24. The maximum absolute atomic E-state index is 13.8. The van der Waals surface area contributed by atoms with E-state index in [0.29, 0.717) is 0 Å². The summed E-state index contributed by atoms with van der Waals surface area (Å²) in [5, 5.41) is 12.5. The lowest BCUT2D eigenvalue weighted by Crippen LogP contribution is -2.66. The molecule has 0 heterocycles. The Hall–Kier alpha value is -4.14. The first-order valence-corrected chi connectivity index (χ1v) is 13.3. The van der Waals surface area contributed by atoms with Gasteiger partial charge >= 0.3 is 12.1 Å². The lowest BCUT2D eigenvalue weighted by Gasteiger charge is -2.34. The number of fused-ring (bicyclic) bond motifs is 3. The number of nitrogens with one attached hydrogen (secondary N) is 3. The van der Waals surface area contributed by atoms with Crippen molar-refractivity contribution in [1.82, 2.24) is 16.0 Å². The van der Waals surface area contributed by atoms with Crippen LogP contribution in [0.15, 0.2) is 48.5 Å². The quantitative estimate of drug-likeness (QED) is 0.318. The van der Waals surface area contributed by atoms with E-state index in [-0.39, 0.29) is 12.8 Å². The third-order valence-corrected chi connectivity index (χ3v) is 7.08. The molecule has 212 valence electrons. The van der Waals surface area contributed by atoms with E-state index in [2.05, 4.69) is 28.1 Å². The van der Waals surface area contributed by atoms with Crippen LogP contribution in [-0.4, -0.2) is 53.7 Å². The highest BCUT2D eigenvalue weighted by Crippen LogP contribution is 2.35. The second-order valence-corrected chi connectivity index (χ2v) is 12.0. The largest absolute Gasteiger partial charge is 0.467 e. The Bertz CT molecular complexity index is 1440. The number of rotatable bonds is 6. The Balaban J connectivity index is 1.68. The summed E-state index contributed by atoms with van der Waals surface area (Å²) in [5.41, 5.74) is -1.71. The normalized spacial score (nSPS) is 15.2. The van der Waals surface area contributed by atoms with Crippen molar-refractivity contribution in [3.8, 4) is 0 Å². The Kier molecular flexibility index (Phi) is 7.53. The van der Waals surface area contributed by atoms with Gasteiger partial charge in [-0.1, -0.05) is 36.4 Å². The van der Waals surface area contributed by atoms with Crippen LogP contribution in [0.2, 0.25) is 0 Å². The van der Waals surface area contributed by atoms with E-state index in [1.165, 1.54) is 27.9 Å². The summed E-state index contributed by atoms with van der Waals surface area (Å²) in [6.45, 7) is 9.78. The summed E-state index contributed by atoms with van der Waals surface area (Å²) in [4.78, 5) is 51.9. The molecular formula is C31H37N3O6. The van der Waals surface area contributed by atoms with Crippen molar-refractivity contribution in [2.24, 2.45) is 0 Å². The Labute approximate surface area is 234 Å². The Morgan fingerprint density at radius 2 is 1.38 bits per heavy atom. The van der Waals surface area contributed by atoms with Crippen LogP contribution in [-0.2, 0) is 36.7 Å². The number of carbonyl (C=O) groups is 4. The van der Waals surface area contributed by atoms with E-state index >= 15 is 0 Å². The van der Waals surface area contributed by atoms with Gasteiger partial charge < -0.3 is 25.4 Å². The predicted molar refractivity (Wildman–Crippen MR) is 153 cm³/mol. The molecule has 0 aromatic heterocycles. The van der Waals surface area contributed by atoms with Gasteiger partial charge in [0, 0.05) is 12.8 Å². The minimum Gasteiger partial charge on any atom is -0.467 e. The van der Waals surface area contributed by atoms with Crippen LogP contribution in [0, 0.1) is 0 Å². The van der Waals surface area contributed by atoms with Crippen LogP contribution >= 0.6 is 0 Å². The van der Waals surface area contributed by atoms with Crippen molar-refractivity contribution >= 4 is 45.4 Å². The van der Waals surface area contributed by atoms with Gasteiger partial charge in [0.15, 0.2) is 0 Å². The second-order valence-electron chi connectivity index (χ2n) is 12.0. The molecule has 9 nitrogen and oxygen atoms in total. The highest BCUT2D eigenvalue weighted by atomic mass is 16.6. The standard InChI is InChI=1S/C31H37N3O6/c1-18(25(35)39-7)32-27(37)31(33-26(36)30(5,6)34-28(38)40-29(2,3)4)16-23-14-21-12-19-10-8-9-11-20(19)13-22(21)15-24(23)17-31/h8-15,18H,16-17H2,1-7H3,(H,32,37)(H,33,36)(H,34,38)/t18-/m0/s1. The first kappa shape index (κ1) is 28.9.